The van der Waals surface area contributed by atoms with Gasteiger partial charge in [-0.05, 0) is 49.8 Å². The van der Waals surface area contributed by atoms with Crippen molar-refractivity contribution in [2.75, 3.05) is 26.0 Å². The van der Waals surface area contributed by atoms with Gasteiger partial charge in [0.15, 0.2) is 0 Å². The number of nitriles is 1. The number of aromatic nitrogens is 1. The number of halogens is 1. The van der Waals surface area contributed by atoms with Crippen molar-refractivity contribution in [1.29, 1.82) is 5.26 Å². The molecule has 0 bridgehead atoms. The summed E-state index contributed by atoms with van der Waals surface area (Å²) in [6.07, 6.45) is 0. The zero-order valence-electron chi connectivity index (χ0n) is 13.9. The van der Waals surface area contributed by atoms with E-state index in [-0.39, 0.29) is 11.7 Å². The highest BCUT2D eigenvalue weighted by Gasteiger charge is 2.19. The Kier molecular flexibility index (Phi) is 5.39. The van der Waals surface area contributed by atoms with Crippen LogP contribution in [0.1, 0.15) is 16.6 Å². The molecule has 0 saturated carbocycles. The first-order valence-electron chi connectivity index (χ1n) is 7.69. The number of oxazole rings is 1. The summed E-state index contributed by atoms with van der Waals surface area (Å²) in [6, 6.07) is 13.5. The maximum atomic E-state index is 9.34. The Morgan fingerprint density at radius 2 is 2.08 bits per heavy atom. The number of nitrogens with one attached hydrogen (secondary N) is 1. The Morgan fingerprint density at radius 1 is 1.32 bits per heavy atom. The molecular formula is C18H17ClN4OS. The van der Waals surface area contributed by atoms with E-state index in [0.717, 1.165) is 5.56 Å². The summed E-state index contributed by atoms with van der Waals surface area (Å²) in [5, 5.41) is 15.3. The predicted molar refractivity (Wildman–Crippen MR) is 101 cm³/mol. The molecule has 7 heteroatoms. The highest BCUT2D eigenvalue weighted by Crippen LogP contribution is 2.28. The first-order valence-corrected chi connectivity index (χ1v) is 8.95. The number of hydrogen-bond donors (Lipinski definition) is 1. The largest absolute Gasteiger partial charge is 0.419 e. The van der Waals surface area contributed by atoms with Gasteiger partial charge in [0.25, 0.3) is 0 Å². The van der Waals surface area contributed by atoms with E-state index in [9.17, 15) is 5.26 Å². The molecule has 1 N–H and O–H groups in total. The molecule has 3 rings (SSSR count). The van der Waals surface area contributed by atoms with E-state index in [1.807, 2.05) is 32.3 Å². The standard InChI is InChI=1S/C18H17ClN4OS/c1-23(2)15(16-4-3-9-25-16)11-21-18-14(10-20)22-17(24-18)12-5-7-13(19)8-6-12/h3-9,15,21H,11H2,1-2H3/t15-/m0/s1. The van der Waals surface area contributed by atoms with Gasteiger partial charge >= 0.3 is 0 Å². The fourth-order valence-corrected chi connectivity index (χ4v) is 3.49. The minimum absolute atomic E-state index is 0.177. The summed E-state index contributed by atoms with van der Waals surface area (Å²) in [5.74, 6) is 0.782. The van der Waals surface area contributed by atoms with Crippen LogP contribution in [0.3, 0.4) is 0 Å². The van der Waals surface area contributed by atoms with Gasteiger partial charge in [0.1, 0.15) is 6.07 Å². The van der Waals surface area contributed by atoms with Gasteiger partial charge in [0, 0.05) is 22.0 Å². The molecule has 5 nitrogen and oxygen atoms in total. The van der Waals surface area contributed by atoms with Crippen molar-refractivity contribution in [3.8, 4) is 17.5 Å². The maximum absolute atomic E-state index is 9.34. The molecule has 25 heavy (non-hydrogen) atoms. The number of likely N-dealkylation sites (N-methyl/N-ethyl adjacent to an activating group) is 1. The third-order valence-electron chi connectivity index (χ3n) is 3.78. The number of thiophene rings is 1. The molecule has 0 amide bonds. The molecule has 0 aliphatic heterocycles. The van der Waals surface area contributed by atoms with Gasteiger partial charge in [-0.15, -0.1) is 11.3 Å². The normalized spacial score (nSPS) is 12.1. The van der Waals surface area contributed by atoms with E-state index in [1.54, 1.807) is 23.5 Å². The monoisotopic (exact) mass is 372 g/mol. The summed E-state index contributed by atoms with van der Waals surface area (Å²) < 4.78 is 5.78. The fraction of sp³-hybridized carbons (Fsp3) is 0.222. The van der Waals surface area contributed by atoms with Gasteiger partial charge in [-0.3, -0.25) is 0 Å². The number of nitrogens with zero attached hydrogens (tertiary/aromatic N) is 3. The molecule has 0 saturated heterocycles. The molecule has 128 valence electrons. The van der Waals surface area contributed by atoms with Crippen LogP contribution < -0.4 is 5.32 Å². The molecule has 0 unspecified atom stereocenters. The zero-order valence-corrected chi connectivity index (χ0v) is 15.4. The fourth-order valence-electron chi connectivity index (χ4n) is 2.44. The topological polar surface area (TPSA) is 65.1 Å². The van der Waals surface area contributed by atoms with Gasteiger partial charge in [0.2, 0.25) is 17.5 Å². The van der Waals surface area contributed by atoms with Crippen molar-refractivity contribution in [3.05, 3.63) is 57.4 Å². The first-order chi connectivity index (χ1) is 12.1. The molecule has 2 aromatic heterocycles. The second-order valence-corrected chi connectivity index (χ2v) is 7.11. The molecule has 2 heterocycles. The van der Waals surface area contributed by atoms with Crippen LogP contribution in [0.25, 0.3) is 11.5 Å². The lowest BCUT2D eigenvalue weighted by atomic mass is 10.2. The molecule has 0 aliphatic rings. The van der Waals surface area contributed by atoms with E-state index in [0.29, 0.717) is 23.3 Å². The Hall–Kier alpha value is -2.33. The highest BCUT2D eigenvalue weighted by molar-refractivity contribution is 7.10. The Labute approximate surface area is 155 Å². The van der Waals surface area contributed by atoms with E-state index >= 15 is 0 Å². The van der Waals surface area contributed by atoms with Crippen LogP contribution in [0.5, 0.6) is 0 Å². The highest BCUT2D eigenvalue weighted by atomic mass is 35.5. The second kappa shape index (κ2) is 7.70. The van der Waals surface area contributed by atoms with E-state index in [1.165, 1.54) is 4.88 Å². The third kappa shape index (κ3) is 4.02. The van der Waals surface area contributed by atoms with Gasteiger partial charge in [-0.1, -0.05) is 17.7 Å². The number of anilines is 1. The van der Waals surface area contributed by atoms with Crippen molar-refractivity contribution in [3.63, 3.8) is 0 Å². The lowest BCUT2D eigenvalue weighted by Crippen LogP contribution is -2.26. The molecule has 0 radical (unpaired) electrons. The zero-order chi connectivity index (χ0) is 17.8. The number of hydrogen-bond acceptors (Lipinski definition) is 6. The average molecular weight is 373 g/mol. The minimum atomic E-state index is 0.177. The van der Waals surface area contributed by atoms with Gasteiger partial charge < -0.3 is 14.6 Å². The van der Waals surface area contributed by atoms with E-state index in [2.05, 4.69) is 32.7 Å². The molecule has 3 aromatic rings. The van der Waals surface area contributed by atoms with Crippen molar-refractivity contribution >= 4 is 28.8 Å². The average Bonchev–Trinajstić information content (AvgIpc) is 3.25. The van der Waals surface area contributed by atoms with Crippen LogP contribution in [0.4, 0.5) is 5.88 Å². The summed E-state index contributed by atoms with van der Waals surface area (Å²) in [5.41, 5.74) is 1.02. The van der Waals surface area contributed by atoms with Gasteiger partial charge in [-0.2, -0.15) is 10.2 Å². The number of rotatable bonds is 6. The second-order valence-electron chi connectivity index (χ2n) is 5.69. The first kappa shape index (κ1) is 17.5. The quantitative estimate of drug-likeness (QED) is 0.682. The summed E-state index contributed by atoms with van der Waals surface area (Å²) in [7, 11) is 4.05. The lowest BCUT2D eigenvalue weighted by molar-refractivity contribution is 0.315. The minimum Gasteiger partial charge on any atom is -0.419 e. The van der Waals surface area contributed by atoms with Crippen molar-refractivity contribution in [2.24, 2.45) is 0 Å². The van der Waals surface area contributed by atoms with Crippen molar-refractivity contribution in [2.45, 2.75) is 6.04 Å². The van der Waals surface area contributed by atoms with Crippen molar-refractivity contribution in [1.82, 2.24) is 9.88 Å². The molecule has 0 aliphatic carbocycles. The Balaban J connectivity index is 1.80. The van der Waals surface area contributed by atoms with E-state index < -0.39 is 0 Å². The molecule has 0 spiro atoms. The van der Waals surface area contributed by atoms with Crippen LogP contribution in [0, 0.1) is 11.3 Å². The Morgan fingerprint density at radius 3 is 2.68 bits per heavy atom. The van der Waals surface area contributed by atoms with Crippen LogP contribution in [0.2, 0.25) is 5.02 Å². The third-order valence-corrected chi connectivity index (χ3v) is 5.00. The van der Waals surface area contributed by atoms with Crippen LogP contribution in [0.15, 0.2) is 46.2 Å². The predicted octanol–water partition coefficient (Wildman–Crippen LogP) is 4.64. The lowest BCUT2D eigenvalue weighted by Gasteiger charge is -2.23. The van der Waals surface area contributed by atoms with E-state index in [4.69, 9.17) is 16.0 Å². The molecular weight excluding hydrogens is 356 g/mol. The van der Waals surface area contributed by atoms with Gasteiger partial charge in [0.05, 0.1) is 6.04 Å². The van der Waals surface area contributed by atoms with Crippen LogP contribution >= 0.6 is 22.9 Å². The summed E-state index contributed by atoms with van der Waals surface area (Å²) in [6.45, 7) is 0.609. The molecule has 1 aromatic carbocycles. The SMILES string of the molecule is CN(C)[C@@H](CNc1oc(-c2ccc(Cl)cc2)nc1C#N)c1cccs1. The summed E-state index contributed by atoms with van der Waals surface area (Å²) >= 11 is 7.61. The Bertz CT molecular complexity index is 866. The molecule has 0 fully saturated rings. The van der Waals surface area contributed by atoms with Crippen molar-refractivity contribution < 1.29 is 4.42 Å². The van der Waals surface area contributed by atoms with Crippen LogP contribution in [-0.2, 0) is 0 Å². The summed E-state index contributed by atoms with van der Waals surface area (Å²) in [4.78, 5) is 7.64. The maximum Gasteiger partial charge on any atom is 0.232 e. The molecule has 1 atom stereocenters. The number of benzene rings is 1. The smallest absolute Gasteiger partial charge is 0.232 e. The van der Waals surface area contributed by atoms with Gasteiger partial charge in [-0.25, -0.2) is 0 Å². The van der Waals surface area contributed by atoms with Crippen LogP contribution in [-0.4, -0.2) is 30.5 Å².